The first-order valence-electron chi connectivity index (χ1n) is 10.4. The summed E-state index contributed by atoms with van der Waals surface area (Å²) in [5.74, 6) is -0.258. The lowest BCUT2D eigenvalue weighted by atomic mass is 9.86. The lowest BCUT2D eigenvalue weighted by Gasteiger charge is -2.32. The average Bonchev–Trinajstić information content (AvgIpc) is 2.74. The Balaban J connectivity index is 1.58. The van der Waals surface area contributed by atoms with Gasteiger partial charge in [0.1, 0.15) is 12.4 Å². The number of nitrogens with zero attached hydrogens (tertiary/aromatic N) is 1. The van der Waals surface area contributed by atoms with Crippen molar-refractivity contribution in [1.82, 2.24) is 5.32 Å². The number of carbonyl (C=O) groups is 2. The number of benzene rings is 2. The van der Waals surface area contributed by atoms with Gasteiger partial charge in [0.15, 0.2) is 11.5 Å². The van der Waals surface area contributed by atoms with Crippen molar-refractivity contribution in [3.8, 4) is 5.75 Å². The summed E-state index contributed by atoms with van der Waals surface area (Å²) in [6.45, 7) is 2.03. The van der Waals surface area contributed by atoms with Crippen LogP contribution in [0, 0.1) is 11.7 Å². The molecule has 1 aliphatic carbocycles. The van der Waals surface area contributed by atoms with E-state index in [1.807, 2.05) is 0 Å². The number of carbonyl (C=O) groups excluding carboxylic acids is 2. The van der Waals surface area contributed by atoms with Crippen LogP contribution in [0.1, 0.15) is 38.2 Å². The number of hydrogen-bond acceptors (Lipinski definition) is 3. The molecule has 156 valence electrons. The normalized spacial score (nSPS) is 22.4. The van der Waals surface area contributed by atoms with Gasteiger partial charge in [-0.1, -0.05) is 50.1 Å². The van der Waals surface area contributed by atoms with E-state index in [9.17, 15) is 14.0 Å². The molecule has 4 rings (SSSR count). The zero-order valence-corrected chi connectivity index (χ0v) is 16.9. The zero-order valence-electron chi connectivity index (χ0n) is 16.9. The minimum absolute atomic E-state index is 0.0161. The molecular formula is C24H25FN2O3. The van der Waals surface area contributed by atoms with Gasteiger partial charge in [-0.3, -0.25) is 14.5 Å². The van der Waals surface area contributed by atoms with Crippen molar-refractivity contribution in [2.24, 2.45) is 5.92 Å². The molecule has 0 spiro atoms. The van der Waals surface area contributed by atoms with E-state index in [2.05, 4.69) is 12.2 Å². The van der Waals surface area contributed by atoms with Crippen LogP contribution in [0.5, 0.6) is 5.75 Å². The third-order valence-electron chi connectivity index (χ3n) is 5.78. The van der Waals surface area contributed by atoms with Crippen molar-refractivity contribution in [3.63, 3.8) is 0 Å². The molecule has 2 aliphatic rings. The van der Waals surface area contributed by atoms with E-state index >= 15 is 0 Å². The molecule has 2 aromatic rings. The highest BCUT2D eigenvalue weighted by Crippen LogP contribution is 2.35. The maximum absolute atomic E-state index is 14.1. The summed E-state index contributed by atoms with van der Waals surface area (Å²) >= 11 is 0. The van der Waals surface area contributed by atoms with Crippen LogP contribution in [0.2, 0.25) is 0 Å². The van der Waals surface area contributed by atoms with Crippen LogP contribution in [-0.2, 0) is 9.59 Å². The molecule has 1 fully saturated rings. The highest BCUT2D eigenvalue weighted by Gasteiger charge is 2.32. The third kappa shape index (κ3) is 4.22. The van der Waals surface area contributed by atoms with Crippen LogP contribution < -0.4 is 15.0 Å². The molecule has 1 saturated carbocycles. The SMILES string of the molecule is C[C@H]1CCCC[C@@H]1NC(=O)CN1C(=O)/C(=C/c2ccccc2F)Oc2ccccc21. The molecule has 30 heavy (non-hydrogen) atoms. The van der Waals surface area contributed by atoms with Crippen LogP contribution in [0.15, 0.2) is 54.3 Å². The van der Waals surface area contributed by atoms with Gasteiger partial charge in [-0.15, -0.1) is 0 Å². The Kier molecular flexibility index (Phi) is 5.84. The second-order valence-electron chi connectivity index (χ2n) is 7.93. The van der Waals surface area contributed by atoms with Crippen molar-refractivity contribution in [2.45, 2.75) is 38.6 Å². The van der Waals surface area contributed by atoms with Gasteiger partial charge in [0.05, 0.1) is 5.69 Å². The first-order chi connectivity index (χ1) is 14.5. The molecule has 0 aromatic heterocycles. The number of rotatable bonds is 4. The molecule has 0 unspecified atom stereocenters. The number of fused-ring (bicyclic) bond motifs is 1. The van der Waals surface area contributed by atoms with Crippen LogP contribution >= 0.6 is 0 Å². The first kappa shape index (κ1) is 20.1. The molecule has 2 atom stereocenters. The average molecular weight is 408 g/mol. The Morgan fingerprint density at radius 1 is 1.17 bits per heavy atom. The van der Waals surface area contributed by atoms with E-state index in [4.69, 9.17) is 4.74 Å². The topological polar surface area (TPSA) is 58.6 Å². The van der Waals surface area contributed by atoms with Crippen molar-refractivity contribution >= 4 is 23.6 Å². The first-order valence-corrected chi connectivity index (χ1v) is 10.4. The lowest BCUT2D eigenvalue weighted by molar-refractivity contribution is -0.124. The predicted octanol–water partition coefficient (Wildman–Crippen LogP) is 4.29. The third-order valence-corrected chi connectivity index (χ3v) is 5.78. The standard InChI is InChI=1S/C24H25FN2O3/c1-16-8-2-5-11-19(16)26-23(28)15-27-20-12-6-7-13-21(20)30-22(24(27)29)14-17-9-3-4-10-18(17)25/h3-4,6-7,9-10,12-14,16,19H,2,5,8,11,15H2,1H3,(H,26,28)/b22-14-/t16-,19-/m0/s1. The van der Waals surface area contributed by atoms with Gasteiger partial charge in [-0.25, -0.2) is 4.39 Å². The fourth-order valence-corrected chi connectivity index (χ4v) is 4.08. The molecular weight excluding hydrogens is 383 g/mol. The van der Waals surface area contributed by atoms with Gasteiger partial charge in [-0.05, 0) is 43.0 Å². The second kappa shape index (κ2) is 8.69. The molecule has 0 radical (unpaired) electrons. The summed E-state index contributed by atoms with van der Waals surface area (Å²) in [5, 5.41) is 3.09. The van der Waals surface area contributed by atoms with Gasteiger partial charge in [0, 0.05) is 11.6 Å². The van der Waals surface area contributed by atoms with Crippen molar-refractivity contribution < 1.29 is 18.7 Å². The van der Waals surface area contributed by atoms with Gasteiger partial charge in [-0.2, -0.15) is 0 Å². The minimum Gasteiger partial charge on any atom is -0.449 e. The summed E-state index contributed by atoms with van der Waals surface area (Å²) in [6, 6.07) is 13.3. The highest BCUT2D eigenvalue weighted by atomic mass is 19.1. The van der Waals surface area contributed by atoms with Gasteiger partial charge in [0.2, 0.25) is 5.91 Å². The molecule has 5 nitrogen and oxygen atoms in total. The van der Waals surface area contributed by atoms with Crippen LogP contribution in [0.4, 0.5) is 10.1 Å². The maximum Gasteiger partial charge on any atom is 0.294 e. The fraction of sp³-hybridized carbons (Fsp3) is 0.333. The van der Waals surface area contributed by atoms with Crippen molar-refractivity contribution in [1.29, 1.82) is 0 Å². The summed E-state index contributed by atoms with van der Waals surface area (Å²) in [6.07, 6.45) is 5.72. The number of hydrogen-bond donors (Lipinski definition) is 1. The van der Waals surface area contributed by atoms with Gasteiger partial charge in [0.25, 0.3) is 5.91 Å². The molecule has 1 aliphatic heterocycles. The van der Waals surface area contributed by atoms with E-state index in [0.29, 0.717) is 17.4 Å². The number of ether oxygens (including phenoxy) is 1. The monoisotopic (exact) mass is 408 g/mol. The molecule has 1 N–H and O–H groups in total. The van der Waals surface area contributed by atoms with Crippen LogP contribution in [-0.4, -0.2) is 24.4 Å². The van der Waals surface area contributed by atoms with Crippen LogP contribution in [0.25, 0.3) is 6.08 Å². The molecule has 6 heteroatoms. The Morgan fingerprint density at radius 2 is 1.90 bits per heavy atom. The van der Waals surface area contributed by atoms with E-state index in [-0.39, 0.29) is 29.8 Å². The Bertz CT molecular complexity index is 988. The lowest BCUT2D eigenvalue weighted by Crippen LogP contribution is -2.48. The van der Waals surface area contributed by atoms with E-state index in [1.54, 1.807) is 42.5 Å². The maximum atomic E-state index is 14.1. The zero-order chi connectivity index (χ0) is 21.1. The molecule has 2 amide bonds. The summed E-state index contributed by atoms with van der Waals surface area (Å²) in [7, 11) is 0. The number of halogens is 1. The van der Waals surface area contributed by atoms with Crippen molar-refractivity contribution in [2.75, 3.05) is 11.4 Å². The van der Waals surface area contributed by atoms with E-state index < -0.39 is 11.7 Å². The quantitative estimate of drug-likeness (QED) is 0.768. The summed E-state index contributed by atoms with van der Waals surface area (Å²) in [5.41, 5.74) is 0.778. The summed E-state index contributed by atoms with van der Waals surface area (Å²) < 4.78 is 19.8. The predicted molar refractivity (Wildman–Crippen MR) is 113 cm³/mol. The molecule has 2 aromatic carbocycles. The Hall–Kier alpha value is -3.15. The Labute approximate surface area is 175 Å². The number of anilines is 1. The van der Waals surface area contributed by atoms with E-state index in [0.717, 1.165) is 19.3 Å². The number of nitrogens with one attached hydrogen (secondary N) is 1. The fourth-order valence-electron chi connectivity index (χ4n) is 4.08. The second-order valence-corrected chi connectivity index (χ2v) is 7.93. The summed E-state index contributed by atoms with van der Waals surface area (Å²) in [4.78, 5) is 27.3. The largest absolute Gasteiger partial charge is 0.449 e. The van der Waals surface area contributed by atoms with Crippen molar-refractivity contribution in [3.05, 3.63) is 65.7 Å². The number of amides is 2. The molecule has 0 saturated heterocycles. The van der Waals surface area contributed by atoms with Crippen LogP contribution in [0.3, 0.4) is 0 Å². The van der Waals surface area contributed by atoms with Gasteiger partial charge >= 0.3 is 0 Å². The Morgan fingerprint density at radius 3 is 2.70 bits per heavy atom. The minimum atomic E-state index is -0.469. The smallest absolute Gasteiger partial charge is 0.294 e. The molecule has 0 bridgehead atoms. The van der Waals surface area contributed by atoms with E-state index in [1.165, 1.54) is 23.5 Å². The molecule has 1 heterocycles. The van der Waals surface area contributed by atoms with Gasteiger partial charge < -0.3 is 10.1 Å². The number of para-hydroxylation sites is 2. The highest BCUT2D eigenvalue weighted by molar-refractivity contribution is 6.12.